The number of rotatable bonds is 5. The predicted molar refractivity (Wildman–Crippen MR) is 69.0 cm³/mol. The lowest BCUT2D eigenvalue weighted by Crippen LogP contribution is -2.45. The van der Waals surface area contributed by atoms with Crippen molar-refractivity contribution in [3.63, 3.8) is 0 Å². The Morgan fingerprint density at radius 2 is 2.05 bits per heavy atom. The van der Waals surface area contributed by atoms with Crippen molar-refractivity contribution >= 4 is 34.4 Å². The first-order valence-electron chi connectivity index (χ1n) is 5.32. The maximum Gasteiger partial charge on any atom is 0.326 e. The number of primary amides is 1. The average Bonchev–Trinajstić information content (AvgIpc) is 2.55. The Hall–Kier alpha value is -2.16. The number of nitrogens with zero attached hydrogens (tertiary/aromatic N) is 1. The molecular formula is C10H14N4O4S. The summed E-state index contributed by atoms with van der Waals surface area (Å²) in [5.41, 5.74) is 5.68. The minimum Gasteiger partial charge on any atom is -0.480 e. The molecule has 1 aromatic rings. The highest BCUT2D eigenvalue weighted by atomic mass is 32.1. The van der Waals surface area contributed by atoms with Crippen molar-refractivity contribution in [1.82, 2.24) is 10.3 Å². The van der Waals surface area contributed by atoms with E-state index in [0.717, 1.165) is 10.6 Å². The van der Waals surface area contributed by atoms with Crippen LogP contribution in [0.1, 0.15) is 17.0 Å². The fourth-order valence-corrected chi connectivity index (χ4v) is 2.03. The van der Waals surface area contributed by atoms with E-state index in [1.807, 2.05) is 6.92 Å². The minimum atomic E-state index is -1.36. The van der Waals surface area contributed by atoms with Crippen molar-refractivity contribution in [2.45, 2.75) is 26.3 Å². The summed E-state index contributed by atoms with van der Waals surface area (Å²) in [6.07, 6.45) is -0.474. The Bertz CT molecular complexity index is 494. The van der Waals surface area contributed by atoms with Crippen molar-refractivity contribution < 1.29 is 19.5 Å². The third-order valence-corrected chi connectivity index (χ3v) is 3.25. The average molecular weight is 286 g/mol. The van der Waals surface area contributed by atoms with Gasteiger partial charge >= 0.3 is 12.0 Å². The Morgan fingerprint density at radius 3 is 2.47 bits per heavy atom. The second-order valence-corrected chi connectivity index (χ2v) is 5.02. The van der Waals surface area contributed by atoms with Gasteiger partial charge in [-0.2, -0.15) is 0 Å². The zero-order valence-corrected chi connectivity index (χ0v) is 11.2. The smallest absolute Gasteiger partial charge is 0.326 e. The SMILES string of the molecule is Cc1nc(NC(=O)N[C@@H](CC(N)=O)C(=O)O)sc1C. The van der Waals surface area contributed by atoms with Gasteiger partial charge in [0.2, 0.25) is 5.91 Å². The van der Waals surface area contributed by atoms with Crippen molar-refractivity contribution in [3.05, 3.63) is 10.6 Å². The maximum atomic E-state index is 11.6. The number of aryl methyl sites for hydroxylation is 2. The number of hydrogen-bond donors (Lipinski definition) is 4. The quantitative estimate of drug-likeness (QED) is 0.613. The zero-order chi connectivity index (χ0) is 14.6. The number of anilines is 1. The van der Waals surface area contributed by atoms with E-state index in [1.54, 1.807) is 6.92 Å². The number of nitrogens with two attached hydrogens (primary N) is 1. The number of amides is 3. The minimum absolute atomic E-state index is 0.357. The highest BCUT2D eigenvalue weighted by molar-refractivity contribution is 7.15. The molecule has 0 aliphatic heterocycles. The first kappa shape index (κ1) is 14.9. The van der Waals surface area contributed by atoms with Crippen LogP contribution in [0, 0.1) is 13.8 Å². The number of urea groups is 1. The molecule has 8 nitrogen and oxygen atoms in total. The second-order valence-electron chi connectivity index (χ2n) is 3.82. The highest BCUT2D eigenvalue weighted by Gasteiger charge is 2.22. The van der Waals surface area contributed by atoms with Crippen LogP contribution >= 0.6 is 11.3 Å². The van der Waals surface area contributed by atoms with E-state index in [-0.39, 0.29) is 0 Å². The van der Waals surface area contributed by atoms with Gasteiger partial charge in [0.25, 0.3) is 0 Å². The van der Waals surface area contributed by atoms with Crippen LogP contribution in [0.25, 0.3) is 0 Å². The first-order chi connectivity index (χ1) is 8.79. The second kappa shape index (κ2) is 6.14. The number of carbonyl (C=O) groups is 3. The van der Waals surface area contributed by atoms with E-state index in [0.29, 0.717) is 5.13 Å². The number of aromatic nitrogens is 1. The monoisotopic (exact) mass is 286 g/mol. The molecule has 1 heterocycles. The normalized spacial score (nSPS) is 11.7. The molecule has 0 radical (unpaired) electrons. The molecule has 0 bridgehead atoms. The molecule has 5 N–H and O–H groups in total. The van der Waals surface area contributed by atoms with Gasteiger partial charge in [0, 0.05) is 4.88 Å². The summed E-state index contributed by atoms with van der Waals surface area (Å²) in [6.45, 7) is 3.64. The summed E-state index contributed by atoms with van der Waals surface area (Å²) in [5.74, 6) is -2.14. The van der Waals surface area contributed by atoms with Crippen molar-refractivity contribution in [1.29, 1.82) is 0 Å². The van der Waals surface area contributed by atoms with E-state index >= 15 is 0 Å². The van der Waals surface area contributed by atoms with Crippen LogP contribution in [0.15, 0.2) is 0 Å². The topological polar surface area (TPSA) is 134 Å². The third kappa shape index (κ3) is 4.54. The molecule has 1 atom stereocenters. The predicted octanol–water partition coefficient (Wildman–Crippen LogP) is 0.210. The summed E-state index contributed by atoms with van der Waals surface area (Å²) < 4.78 is 0. The molecule has 0 aliphatic carbocycles. The number of carboxylic acids is 1. The fourth-order valence-electron chi connectivity index (χ4n) is 1.22. The van der Waals surface area contributed by atoms with Crippen LogP contribution in [0.3, 0.4) is 0 Å². The van der Waals surface area contributed by atoms with Gasteiger partial charge in [0.1, 0.15) is 6.04 Å². The molecule has 1 rings (SSSR count). The van der Waals surface area contributed by atoms with E-state index in [4.69, 9.17) is 10.8 Å². The van der Waals surface area contributed by atoms with Gasteiger partial charge in [-0.15, -0.1) is 11.3 Å². The highest BCUT2D eigenvalue weighted by Crippen LogP contribution is 2.20. The largest absolute Gasteiger partial charge is 0.480 e. The van der Waals surface area contributed by atoms with Crippen LogP contribution in [-0.2, 0) is 9.59 Å². The number of hydrogen-bond acceptors (Lipinski definition) is 5. The Labute approximate surface area is 113 Å². The standard InChI is InChI=1S/C10H14N4O4S/c1-4-5(2)19-10(12-4)14-9(18)13-6(8(16)17)3-7(11)15/h6H,3H2,1-2H3,(H2,11,15)(H,16,17)(H2,12,13,14,18)/t6-/m0/s1. The molecule has 0 aliphatic rings. The fraction of sp³-hybridized carbons (Fsp3) is 0.400. The molecule has 1 aromatic heterocycles. The van der Waals surface area contributed by atoms with Crippen molar-refractivity contribution in [2.24, 2.45) is 5.73 Å². The van der Waals surface area contributed by atoms with Crippen LogP contribution in [0.2, 0.25) is 0 Å². The van der Waals surface area contributed by atoms with Crippen LogP contribution in [0.5, 0.6) is 0 Å². The molecule has 19 heavy (non-hydrogen) atoms. The molecule has 0 unspecified atom stereocenters. The van der Waals surface area contributed by atoms with E-state index in [1.165, 1.54) is 11.3 Å². The molecule has 0 spiro atoms. The van der Waals surface area contributed by atoms with Crippen LogP contribution in [0.4, 0.5) is 9.93 Å². The molecule has 0 saturated heterocycles. The molecule has 0 aromatic carbocycles. The maximum absolute atomic E-state index is 11.6. The van der Waals surface area contributed by atoms with Gasteiger partial charge in [0.05, 0.1) is 12.1 Å². The molecule has 104 valence electrons. The van der Waals surface area contributed by atoms with Crippen molar-refractivity contribution in [2.75, 3.05) is 5.32 Å². The number of carboxylic acid groups (broad SMARTS) is 1. The summed E-state index contributed by atoms with van der Waals surface area (Å²) in [4.78, 5) is 38.1. The lowest BCUT2D eigenvalue weighted by molar-refractivity contribution is -0.140. The summed E-state index contributed by atoms with van der Waals surface area (Å²) in [7, 11) is 0. The molecule has 9 heteroatoms. The number of carbonyl (C=O) groups excluding carboxylic acids is 2. The van der Waals surface area contributed by atoms with Gasteiger partial charge in [-0.05, 0) is 13.8 Å². The van der Waals surface area contributed by atoms with E-state index in [2.05, 4.69) is 15.6 Å². The Balaban J connectivity index is 2.62. The van der Waals surface area contributed by atoms with Crippen LogP contribution in [-0.4, -0.2) is 34.0 Å². The van der Waals surface area contributed by atoms with Crippen LogP contribution < -0.4 is 16.4 Å². The first-order valence-corrected chi connectivity index (χ1v) is 6.14. The van der Waals surface area contributed by atoms with E-state index < -0.39 is 30.4 Å². The molecule has 0 fully saturated rings. The van der Waals surface area contributed by atoms with Gasteiger partial charge in [-0.1, -0.05) is 0 Å². The number of nitrogens with one attached hydrogen (secondary N) is 2. The van der Waals surface area contributed by atoms with E-state index in [9.17, 15) is 14.4 Å². The Morgan fingerprint density at radius 1 is 1.42 bits per heavy atom. The molecule has 3 amide bonds. The van der Waals surface area contributed by atoms with Gasteiger partial charge < -0.3 is 16.2 Å². The third-order valence-electron chi connectivity index (χ3n) is 2.26. The molecule has 0 saturated carbocycles. The molecular weight excluding hydrogens is 272 g/mol. The lowest BCUT2D eigenvalue weighted by atomic mass is 10.2. The summed E-state index contributed by atoms with van der Waals surface area (Å²) in [5, 5.41) is 13.7. The summed E-state index contributed by atoms with van der Waals surface area (Å²) >= 11 is 1.27. The number of thiazole rings is 1. The van der Waals surface area contributed by atoms with Gasteiger partial charge in [-0.25, -0.2) is 14.6 Å². The number of aliphatic carboxylic acids is 1. The van der Waals surface area contributed by atoms with Gasteiger partial charge in [0.15, 0.2) is 5.13 Å². The summed E-state index contributed by atoms with van der Waals surface area (Å²) in [6, 6.07) is -2.11. The Kier molecular flexibility index (Phi) is 4.81. The van der Waals surface area contributed by atoms with Gasteiger partial charge in [-0.3, -0.25) is 10.1 Å². The lowest BCUT2D eigenvalue weighted by Gasteiger charge is -2.12. The van der Waals surface area contributed by atoms with Crippen molar-refractivity contribution in [3.8, 4) is 0 Å². The zero-order valence-electron chi connectivity index (χ0n) is 10.4.